The lowest BCUT2D eigenvalue weighted by Gasteiger charge is -2.12. The van der Waals surface area contributed by atoms with E-state index in [1.165, 1.54) is 0 Å². The van der Waals surface area contributed by atoms with Crippen molar-refractivity contribution in [1.29, 1.82) is 0 Å². The number of ether oxygens (including phenoxy) is 1. The summed E-state index contributed by atoms with van der Waals surface area (Å²) >= 11 is 0. The maximum Gasteiger partial charge on any atom is 0.252 e. The number of carbonyl (C=O) groups is 2. The molecule has 2 aromatic rings. The molecule has 24 heavy (non-hydrogen) atoms. The monoisotopic (exact) mass is 323 g/mol. The fraction of sp³-hybridized carbons (Fsp3) is 0.300. The Bertz CT molecular complexity index is 706. The minimum absolute atomic E-state index is 0.138. The first kappa shape index (κ1) is 16.4. The molecule has 0 saturated carbocycles. The van der Waals surface area contributed by atoms with Crippen LogP contribution in [0.4, 0.5) is 0 Å². The van der Waals surface area contributed by atoms with Crippen LogP contribution in [-0.4, -0.2) is 30.9 Å². The van der Waals surface area contributed by atoms with Gasteiger partial charge in [0.05, 0.1) is 11.7 Å². The highest BCUT2D eigenvalue weighted by molar-refractivity contribution is 6.15. The maximum atomic E-state index is 12.7. The predicted octanol–water partition coefficient (Wildman–Crippen LogP) is 3.22. The molecule has 0 radical (unpaired) electrons. The van der Waals surface area contributed by atoms with Crippen LogP contribution in [0.5, 0.6) is 0 Å². The highest BCUT2D eigenvalue weighted by Crippen LogP contribution is 2.16. The molecular formula is C20H21NO3. The first-order valence-electron chi connectivity index (χ1n) is 8.34. The van der Waals surface area contributed by atoms with E-state index in [0.717, 1.165) is 25.9 Å². The van der Waals surface area contributed by atoms with Crippen molar-refractivity contribution >= 4 is 11.7 Å². The van der Waals surface area contributed by atoms with Crippen LogP contribution in [-0.2, 0) is 4.74 Å². The topological polar surface area (TPSA) is 55.4 Å². The average Bonchev–Trinajstić information content (AvgIpc) is 3.15. The molecule has 1 amide bonds. The fourth-order valence-corrected chi connectivity index (χ4v) is 2.94. The van der Waals surface area contributed by atoms with E-state index < -0.39 is 0 Å². The zero-order valence-electron chi connectivity index (χ0n) is 13.5. The number of benzene rings is 2. The van der Waals surface area contributed by atoms with Crippen molar-refractivity contribution in [3.8, 4) is 0 Å². The predicted molar refractivity (Wildman–Crippen MR) is 92.2 cm³/mol. The zero-order chi connectivity index (χ0) is 16.8. The van der Waals surface area contributed by atoms with E-state index in [-0.39, 0.29) is 17.8 Å². The molecule has 1 fully saturated rings. The van der Waals surface area contributed by atoms with E-state index in [0.29, 0.717) is 23.2 Å². The minimum Gasteiger partial charge on any atom is -0.378 e. The molecule has 1 atom stereocenters. The quantitative estimate of drug-likeness (QED) is 0.831. The molecule has 0 aromatic heterocycles. The Morgan fingerprint density at radius 1 is 1.00 bits per heavy atom. The Morgan fingerprint density at radius 2 is 1.71 bits per heavy atom. The number of hydrogen-bond acceptors (Lipinski definition) is 3. The van der Waals surface area contributed by atoms with Crippen LogP contribution in [0.3, 0.4) is 0 Å². The Kier molecular flexibility index (Phi) is 5.39. The van der Waals surface area contributed by atoms with Crippen LogP contribution in [0.25, 0.3) is 0 Å². The molecular weight excluding hydrogens is 302 g/mol. The molecule has 1 unspecified atom stereocenters. The van der Waals surface area contributed by atoms with Crippen LogP contribution >= 0.6 is 0 Å². The van der Waals surface area contributed by atoms with Crippen LogP contribution in [0.1, 0.15) is 45.5 Å². The first-order valence-corrected chi connectivity index (χ1v) is 8.34. The first-order chi connectivity index (χ1) is 11.8. The molecule has 4 heteroatoms. The van der Waals surface area contributed by atoms with Crippen molar-refractivity contribution in [3.63, 3.8) is 0 Å². The number of amides is 1. The second kappa shape index (κ2) is 7.88. The summed E-state index contributed by atoms with van der Waals surface area (Å²) in [4.78, 5) is 25.1. The van der Waals surface area contributed by atoms with Gasteiger partial charge in [-0.15, -0.1) is 0 Å². The zero-order valence-corrected chi connectivity index (χ0v) is 13.5. The second-order valence-electron chi connectivity index (χ2n) is 5.92. The third-order valence-electron chi connectivity index (χ3n) is 4.23. The van der Waals surface area contributed by atoms with Gasteiger partial charge in [-0.1, -0.05) is 48.5 Å². The van der Waals surface area contributed by atoms with Gasteiger partial charge in [0.15, 0.2) is 5.78 Å². The number of carbonyl (C=O) groups excluding carboxylic acids is 2. The van der Waals surface area contributed by atoms with Crippen LogP contribution < -0.4 is 5.32 Å². The maximum absolute atomic E-state index is 12.7. The average molecular weight is 323 g/mol. The van der Waals surface area contributed by atoms with Gasteiger partial charge < -0.3 is 10.1 Å². The Morgan fingerprint density at radius 3 is 2.42 bits per heavy atom. The van der Waals surface area contributed by atoms with Crippen molar-refractivity contribution in [2.75, 3.05) is 13.2 Å². The lowest BCUT2D eigenvalue weighted by atomic mass is 9.98. The molecule has 1 N–H and O–H groups in total. The summed E-state index contributed by atoms with van der Waals surface area (Å²) in [6.45, 7) is 1.37. The van der Waals surface area contributed by atoms with E-state index in [1.54, 1.807) is 36.4 Å². The molecule has 1 aliphatic heterocycles. The molecule has 1 heterocycles. The van der Waals surface area contributed by atoms with Gasteiger partial charge in [0.25, 0.3) is 5.91 Å². The summed E-state index contributed by atoms with van der Waals surface area (Å²) in [6.07, 6.45) is 3.19. The Hall–Kier alpha value is -2.46. The summed E-state index contributed by atoms with van der Waals surface area (Å²) in [7, 11) is 0. The largest absolute Gasteiger partial charge is 0.378 e. The van der Waals surface area contributed by atoms with Gasteiger partial charge in [-0.25, -0.2) is 0 Å². The van der Waals surface area contributed by atoms with Gasteiger partial charge in [0.2, 0.25) is 0 Å². The van der Waals surface area contributed by atoms with Gasteiger partial charge in [-0.3, -0.25) is 9.59 Å². The number of ketones is 1. The second-order valence-corrected chi connectivity index (χ2v) is 5.92. The van der Waals surface area contributed by atoms with E-state index in [9.17, 15) is 9.59 Å². The van der Waals surface area contributed by atoms with E-state index >= 15 is 0 Å². The number of rotatable bonds is 6. The lowest BCUT2D eigenvalue weighted by molar-refractivity contribution is 0.0900. The van der Waals surface area contributed by atoms with Crippen LogP contribution in [0.15, 0.2) is 54.6 Å². The fourth-order valence-electron chi connectivity index (χ4n) is 2.94. The molecule has 0 aliphatic carbocycles. The third kappa shape index (κ3) is 3.89. The molecule has 4 nitrogen and oxygen atoms in total. The van der Waals surface area contributed by atoms with Gasteiger partial charge in [0, 0.05) is 24.3 Å². The van der Waals surface area contributed by atoms with Crippen molar-refractivity contribution in [2.24, 2.45) is 0 Å². The number of hydrogen-bond donors (Lipinski definition) is 1. The van der Waals surface area contributed by atoms with Crippen LogP contribution in [0.2, 0.25) is 0 Å². The van der Waals surface area contributed by atoms with Crippen molar-refractivity contribution in [2.45, 2.75) is 25.4 Å². The molecule has 1 saturated heterocycles. The molecule has 0 spiro atoms. The molecule has 2 aromatic carbocycles. The Labute approximate surface area is 141 Å². The van der Waals surface area contributed by atoms with Crippen molar-refractivity contribution in [3.05, 3.63) is 71.3 Å². The lowest BCUT2D eigenvalue weighted by Crippen LogP contribution is -2.28. The summed E-state index contributed by atoms with van der Waals surface area (Å²) in [5.41, 5.74) is 1.43. The molecule has 3 rings (SSSR count). The molecule has 1 aliphatic rings. The van der Waals surface area contributed by atoms with Gasteiger partial charge >= 0.3 is 0 Å². The highest BCUT2D eigenvalue weighted by Gasteiger charge is 2.19. The number of nitrogens with one attached hydrogen (secondary N) is 1. The Balaban J connectivity index is 1.69. The van der Waals surface area contributed by atoms with Gasteiger partial charge in [-0.05, 0) is 25.3 Å². The normalized spacial score (nSPS) is 16.8. The highest BCUT2D eigenvalue weighted by atomic mass is 16.5. The van der Waals surface area contributed by atoms with Crippen molar-refractivity contribution in [1.82, 2.24) is 5.32 Å². The van der Waals surface area contributed by atoms with E-state index in [4.69, 9.17) is 4.74 Å². The smallest absolute Gasteiger partial charge is 0.252 e. The SMILES string of the molecule is O=C(NCCC1CCCO1)c1ccccc1C(=O)c1ccccc1. The molecule has 124 valence electrons. The summed E-state index contributed by atoms with van der Waals surface area (Å²) < 4.78 is 5.55. The van der Waals surface area contributed by atoms with E-state index in [1.807, 2.05) is 18.2 Å². The standard InChI is InChI=1S/C20H21NO3/c22-19(15-7-2-1-3-8-15)17-10-4-5-11-18(17)20(23)21-13-12-16-9-6-14-24-16/h1-5,7-8,10-11,16H,6,9,12-14H2,(H,21,23). The van der Waals surface area contributed by atoms with Crippen molar-refractivity contribution < 1.29 is 14.3 Å². The summed E-state index contributed by atoms with van der Waals surface area (Å²) in [6, 6.07) is 16.0. The third-order valence-corrected chi connectivity index (χ3v) is 4.23. The summed E-state index contributed by atoms with van der Waals surface area (Å²) in [5, 5.41) is 2.90. The van der Waals surface area contributed by atoms with E-state index in [2.05, 4.69) is 5.32 Å². The van der Waals surface area contributed by atoms with Gasteiger partial charge in [0.1, 0.15) is 0 Å². The minimum atomic E-state index is -0.215. The summed E-state index contributed by atoms with van der Waals surface area (Å²) in [5.74, 6) is -0.353. The van der Waals surface area contributed by atoms with Gasteiger partial charge in [-0.2, -0.15) is 0 Å². The van der Waals surface area contributed by atoms with Crippen LogP contribution in [0, 0.1) is 0 Å². The molecule has 0 bridgehead atoms.